The first kappa shape index (κ1) is 14.1. The van der Waals surface area contributed by atoms with Crippen molar-refractivity contribution in [2.75, 3.05) is 7.05 Å². The molecule has 20 heavy (non-hydrogen) atoms. The van der Waals surface area contributed by atoms with E-state index in [0.29, 0.717) is 12.1 Å². The van der Waals surface area contributed by atoms with Gasteiger partial charge in [0.15, 0.2) is 0 Å². The molecule has 0 saturated heterocycles. The highest BCUT2D eigenvalue weighted by molar-refractivity contribution is 5.05. The van der Waals surface area contributed by atoms with Crippen LogP contribution >= 0.6 is 0 Å². The maximum Gasteiger partial charge on any atom is 0.0640 e. The molecule has 3 nitrogen and oxygen atoms in total. The third-order valence-corrected chi connectivity index (χ3v) is 5.82. The Bertz CT molecular complexity index is 439. The molecule has 3 rings (SSSR count). The predicted octanol–water partition coefficient (Wildman–Crippen LogP) is 3.42. The maximum atomic E-state index is 4.78. The molecule has 2 bridgehead atoms. The van der Waals surface area contributed by atoms with Gasteiger partial charge in [-0.15, -0.1) is 0 Å². The minimum atomic E-state index is 0.513. The number of likely N-dealkylation sites (N-methyl/N-ethyl adjacent to an activating group) is 1. The fourth-order valence-electron chi connectivity index (χ4n) is 4.40. The topological polar surface area (TPSA) is 29.9 Å². The lowest BCUT2D eigenvalue weighted by Crippen LogP contribution is -2.38. The third kappa shape index (κ3) is 2.65. The van der Waals surface area contributed by atoms with Gasteiger partial charge < -0.3 is 5.32 Å². The van der Waals surface area contributed by atoms with Crippen LogP contribution in [0.25, 0.3) is 0 Å². The van der Waals surface area contributed by atoms with Crippen LogP contribution in [0.1, 0.15) is 57.7 Å². The molecule has 1 heterocycles. The smallest absolute Gasteiger partial charge is 0.0640 e. The Kier molecular flexibility index (Phi) is 4.16. The highest BCUT2D eigenvalue weighted by Gasteiger charge is 2.42. The van der Waals surface area contributed by atoms with Crippen molar-refractivity contribution in [1.29, 1.82) is 0 Å². The standard InChI is InChI=1S/C17H29N3/c1-4-12(2)20-8-7-15(19-20)11-17(18-3)16-10-13-5-6-14(16)9-13/h7-8,12-14,16-18H,4-6,9-11H2,1-3H3. The lowest BCUT2D eigenvalue weighted by molar-refractivity contribution is 0.254. The molecule has 2 aliphatic carbocycles. The van der Waals surface area contributed by atoms with Gasteiger partial charge in [0.1, 0.15) is 0 Å². The van der Waals surface area contributed by atoms with E-state index >= 15 is 0 Å². The summed E-state index contributed by atoms with van der Waals surface area (Å²) < 4.78 is 2.13. The number of nitrogens with zero attached hydrogens (tertiary/aromatic N) is 2. The quantitative estimate of drug-likeness (QED) is 0.862. The van der Waals surface area contributed by atoms with Gasteiger partial charge in [-0.05, 0) is 63.5 Å². The number of aromatic nitrogens is 2. The van der Waals surface area contributed by atoms with Crippen LogP contribution in [0.3, 0.4) is 0 Å². The fraction of sp³-hybridized carbons (Fsp3) is 0.824. The van der Waals surface area contributed by atoms with Crippen molar-refractivity contribution >= 4 is 0 Å². The maximum absolute atomic E-state index is 4.78. The van der Waals surface area contributed by atoms with E-state index < -0.39 is 0 Å². The third-order valence-electron chi connectivity index (χ3n) is 5.82. The van der Waals surface area contributed by atoms with Crippen LogP contribution < -0.4 is 5.32 Å². The molecule has 1 aromatic rings. The molecule has 2 aliphatic rings. The second-order valence-electron chi connectivity index (χ2n) is 6.98. The van der Waals surface area contributed by atoms with E-state index in [1.54, 1.807) is 0 Å². The van der Waals surface area contributed by atoms with Crippen molar-refractivity contribution in [3.05, 3.63) is 18.0 Å². The Hall–Kier alpha value is -0.830. The van der Waals surface area contributed by atoms with Gasteiger partial charge in [-0.1, -0.05) is 13.3 Å². The Morgan fingerprint density at radius 2 is 2.25 bits per heavy atom. The number of fused-ring (bicyclic) bond motifs is 2. The molecule has 0 aliphatic heterocycles. The molecular weight excluding hydrogens is 246 g/mol. The molecule has 1 N–H and O–H groups in total. The zero-order chi connectivity index (χ0) is 14.1. The van der Waals surface area contributed by atoms with Crippen molar-refractivity contribution in [2.24, 2.45) is 17.8 Å². The van der Waals surface area contributed by atoms with Crippen molar-refractivity contribution in [3.63, 3.8) is 0 Å². The molecule has 5 atom stereocenters. The van der Waals surface area contributed by atoms with Crippen molar-refractivity contribution < 1.29 is 0 Å². The molecule has 1 aromatic heterocycles. The van der Waals surface area contributed by atoms with Crippen LogP contribution in [0.15, 0.2) is 12.3 Å². The lowest BCUT2D eigenvalue weighted by atomic mass is 9.81. The second-order valence-corrected chi connectivity index (χ2v) is 6.98. The summed E-state index contributed by atoms with van der Waals surface area (Å²) in [6.45, 7) is 4.46. The van der Waals surface area contributed by atoms with Gasteiger partial charge in [-0.3, -0.25) is 4.68 Å². The minimum absolute atomic E-state index is 0.513. The van der Waals surface area contributed by atoms with Gasteiger partial charge in [-0.2, -0.15) is 5.10 Å². The van der Waals surface area contributed by atoms with Gasteiger partial charge in [0.25, 0.3) is 0 Å². The van der Waals surface area contributed by atoms with Crippen molar-refractivity contribution in [3.8, 4) is 0 Å². The first-order chi connectivity index (χ1) is 9.71. The van der Waals surface area contributed by atoms with Crippen LogP contribution in [0.4, 0.5) is 0 Å². The Labute approximate surface area is 123 Å². The van der Waals surface area contributed by atoms with Gasteiger partial charge in [0.05, 0.1) is 5.69 Å². The van der Waals surface area contributed by atoms with Crippen molar-refractivity contribution in [1.82, 2.24) is 15.1 Å². The summed E-state index contributed by atoms with van der Waals surface area (Å²) in [5.41, 5.74) is 1.26. The summed E-state index contributed by atoms with van der Waals surface area (Å²) in [4.78, 5) is 0. The average Bonchev–Trinajstić information content (AvgIpc) is 3.19. The highest BCUT2D eigenvalue weighted by atomic mass is 15.3. The molecule has 112 valence electrons. The minimum Gasteiger partial charge on any atom is -0.316 e. The molecule has 2 fully saturated rings. The molecule has 0 amide bonds. The first-order valence-corrected chi connectivity index (χ1v) is 8.42. The monoisotopic (exact) mass is 275 g/mol. The largest absolute Gasteiger partial charge is 0.316 e. The van der Waals surface area contributed by atoms with Crippen molar-refractivity contribution in [2.45, 2.75) is 64.5 Å². The molecule has 3 heteroatoms. The van der Waals surface area contributed by atoms with E-state index in [9.17, 15) is 0 Å². The SMILES string of the molecule is CCC(C)n1ccc(CC(NC)C2CC3CCC2C3)n1. The fourth-order valence-corrected chi connectivity index (χ4v) is 4.40. The van der Waals surface area contributed by atoms with E-state index in [2.05, 4.69) is 43.2 Å². The molecule has 2 saturated carbocycles. The van der Waals surface area contributed by atoms with E-state index in [1.807, 2.05) is 0 Å². The molecule has 5 unspecified atom stereocenters. The van der Waals surface area contributed by atoms with Gasteiger partial charge >= 0.3 is 0 Å². The lowest BCUT2D eigenvalue weighted by Gasteiger charge is -2.30. The summed E-state index contributed by atoms with van der Waals surface area (Å²) in [5.74, 6) is 2.89. The zero-order valence-corrected chi connectivity index (χ0v) is 13.2. The number of rotatable bonds is 6. The molecule has 0 aromatic carbocycles. The Balaban J connectivity index is 1.64. The highest BCUT2D eigenvalue weighted by Crippen LogP contribution is 2.49. The second kappa shape index (κ2) is 5.88. The number of hydrogen-bond donors (Lipinski definition) is 1. The van der Waals surface area contributed by atoms with Crippen LogP contribution in [0.5, 0.6) is 0 Å². The zero-order valence-electron chi connectivity index (χ0n) is 13.2. The van der Waals surface area contributed by atoms with E-state index in [-0.39, 0.29) is 0 Å². The van der Waals surface area contributed by atoms with Crippen LogP contribution in [-0.4, -0.2) is 22.9 Å². The number of nitrogens with one attached hydrogen (secondary N) is 1. The summed E-state index contributed by atoms with van der Waals surface area (Å²) in [7, 11) is 2.13. The van der Waals surface area contributed by atoms with Crippen LogP contribution in [0.2, 0.25) is 0 Å². The average molecular weight is 275 g/mol. The summed E-state index contributed by atoms with van der Waals surface area (Å²) in [6, 6.07) is 3.34. The normalized spacial score (nSPS) is 31.6. The predicted molar refractivity (Wildman–Crippen MR) is 82.7 cm³/mol. The van der Waals surface area contributed by atoms with E-state index in [1.165, 1.54) is 31.4 Å². The van der Waals surface area contributed by atoms with Crippen LogP contribution in [0, 0.1) is 17.8 Å². The van der Waals surface area contributed by atoms with Crippen LogP contribution in [-0.2, 0) is 6.42 Å². The van der Waals surface area contributed by atoms with Gasteiger partial charge in [0.2, 0.25) is 0 Å². The number of hydrogen-bond acceptors (Lipinski definition) is 2. The van der Waals surface area contributed by atoms with E-state index in [0.717, 1.165) is 30.6 Å². The molecule has 0 radical (unpaired) electrons. The first-order valence-electron chi connectivity index (χ1n) is 8.42. The Morgan fingerprint density at radius 1 is 1.40 bits per heavy atom. The molecule has 0 spiro atoms. The Morgan fingerprint density at radius 3 is 2.85 bits per heavy atom. The molecular formula is C17H29N3. The van der Waals surface area contributed by atoms with E-state index in [4.69, 9.17) is 5.10 Å². The van der Waals surface area contributed by atoms with Gasteiger partial charge in [0, 0.05) is 24.7 Å². The van der Waals surface area contributed by atoms with Gasteiger partial charge in [-0.25, -0.2) is 0 Å². The summed E-state index contributed by atoms with van der Waals surface area (Å²) >= 11 is 0. The summed E-state index contributed by atoms with van der Waals surface area (Å²) in [6.07, 6.45) is 10.3. The summed E-state index contributed by atoms with van der Waals surface area (Å²) in [5, 5.41) is 8.36.